The number of likely N-dealkylation sites (tertiary alicyclic amines) is 1. The molecule has 7 heteroatoms. The number of benzene rings is 1. The highest BCUT2D eigenvalue weighted by Gasteiger charge is 2.39. The van der Waals surface area contributed by atoms with Crippen molar-refractivity contribution in [3.8, 4) is 11.3 Å². The number of hydrogen-bond acceptors (Lipinski definition) is 4. The molecule has 0 spiro atoms. The van der Waals surface area contributed by atoms with E-state index in [0.29, 0.717) is 42.5 Å². The lowest BCUT2D eigenvalue weighted by atomic mass is 9.82. The maximum absolute atomic E-state index is 12.4. The summed E-state index contributed by atoms with van der Waals surface area (Å²) in [6.45, 7) is 2.55. The number of carbonyl (C=O) groups is 2. The molecular weight excluding hydrogens is 356 g/mol. The number of aromatic nitrogens is 1. The van der Waals surface area contributed by atoms with Crippen LogP contribution in [0.2, 0.25) is 5.02 Å². The third-order valence-corrected chi connectivity index (χ3v) is 5.05. The molecule has 1 unspecified atom stereocenters. The summed E-state index contributed by atoms with van der Waals surface area (Å²) >= 11 is 5.88. The summed E-state index contributed by atoms with van der Waals surface area (Å²) in [5.41, 5.74) is 0.00576. The van der Waals surface area contributed by atoms with Gasteiger partial charge in [0.25, 0.3) is 0 Å². The van der Waals surface area contributed by atoms with Crippen LogP contribution in [0.5, 0.6) is 0 Å². The van der Waals surface area contributed by atoms with E-state index in [1.165, 1.54) is 0 Å². The topological polar surface area (TPSA) is 83.6 Å². The number of amides is 1. The monoisotopic (exact) mass is 376 g/mol. The summed E-state index contributed by atoms with van der Waals surface area (Å²) < 4.78 is 5.71. The SMILES string of the molecule is CC1(C(=O)O)CCCN(C(=O)CCc2ncc(-c3ccc(Cl)cc3)o2)C1. The molecule has 1 atom stereocenters. The van der Waals surface area contributed by atoms with E-state index < -0.39 is 11.4 Å². The average molecular weight is 377 g/mol. The van der Waals surface area contributed by atoms with Crippen molar-refractivity contribution in [1.29, 1.82) is 0 Å². The first-order chi connectivity index (χ1) is 12.4. The zero-order valence-electron chi connectivity index (χ0n) is 14.6. The molecule has 1 fully saturated rings. The van der Waals surface area contributed by atoms with E-state index in [1.54, 1.807) is 30.2 Å². The van der Waals surface area contributed by atoms with Gasteiger partial charge in [-0.05, 0) is 44.0 Å². The van der Waals surface area contributed by atoms with Crippen LogP contribution in [0.15, 0.2) is 34.9 Å². The lowest BCUT2D eigenvalue weighted by Crippen LogP contribution is -2.48. The van der Waals surface area contributed by atoms with Crippen molar-refractivity contribution in [1.82, 2.24) is 9.88 Å². The number of hydrogen-bond donors (Lipinski definition) is 1. The van der Waals surface area contributed by atoms with Gasteiger partial charge >= 0.3 is 5.97 Å². The van der Waals surface area contributed by atoms with Crippen molar-refractivity contribution in [3.05, 3.63) is 41.4 Å². The number of aliphatic carboxylic acids is 1. The minimum atomic E-state index is -0.863. The Morgan fingerprint density at radius 3 is 2.77 bits per heavy atom. The van der Waals surface area contributed by atoms with E-state index in [1.807, 2.05) is 12.1 Å². The second kappa shape index (κ2) is 7.50. The number of aryl methyl sites for hydroxylation is 1. The molecule has 0 radical (unpaired) electrons. The predicted molar refractivity (Wildman–Crippen MR) is 96.8 cm³/mol. The molecule has 1 aromatic carbocycles. The molecule has 1 aliphatic heterocycles. The van der Waals surface area contributed by atoms with Gasteiger partial charge in [-0.1, -0.05) is 11.6 Å². The van der Waals surface area contributed by atoms with Crippen LogP contribution in [0.1, 0.15) is 32.1 Å². The highest BCUT2D eigenvalue weighted by molar-refractivity contribution is 6.30. The second-order valence-electron chi connectivity index (χ2n) is 6.91. The standard InChI is InChI=1S/C19H21ClN2O4/c1-19(18(24)25)9-2-10-22(12-19)17(23)8-7-16-21-11-15(26-16)13-3-5-14(20)6-4-13/h3-6,11H,2,7-10,12H2,1H3,(H,24,25). The van der Waals surface area contributed by atoms with Gasteiger partial charge in [0, 0.05) is 36.5 Å². The van der Waals surface area contributed by atoms with Gasteiger partial charge in [-0.25, -0.2) is 4.98 Å². The number of nitrogens with zero attached hydrogens (tertiary/aromatic N) is 2. The van der Waals surface area contributed by atoms with E-state index in [4.69, 9.17) is 16.0 Å². The van der Waals surface area contributed by atoms with Crippen LogP contribution in [0.4, 0.5) is 0 Å². The number of halogens is 1. The Labute approximate surface area is 156 Å². The molecule has 6 nitrogen and oxygen atoms in total. The minimum absolute atomic E-state index is 0.0663. The van der Waals surface area contributed by atoms with Crippen LogP contribution in [-0.4, -0.2) is 40.0 Å². The molecule has 1 saturated heterocycles. The van der Waals surface area contributed by atoms with E-state index in [2.05, 4.69) is 4.98 Å². The third-order valence-electron chi connectivity index (χ3n) is 4.80. The molecule has 0 aliphatic carbocycles. The maximum atomic E-state index is 12.4. The summed E-state index contributed by atoms with van der Waals surface area (Å²) in [7, 11) is 0. The molecule has 0 saturated carbocycles. The summed E-state index contributed by atoms with van der Waals surface area (Å²) in [6.07, 6.45) is 3.55. The number of carbonyl (C=O) groups excluding carboxylic acids is 1. The van der Waals surface area contributed by atoms with Gasteiger partial charge in [0.1, 0.15) is 0 Å². The fraction of sp³-hybridized carbons (Fsp3) is 0.421. The second-order valence-corrected chi connectivity index (χ2v) is 7.35. The fourth-order valence-corrected chi connectivity index (χ4v) is 3.30. The Balaban J connectivity index is 1.58. The van der Waals surface area contributed by atoms with Crippen LogP contribution in [-0.2, 0) is 16.0 Å². The summed E-state index contributed by atoms with van der Waals surface area (Å²) in [5, 5.41) is 10.0. The van der Waals surface area contributed by atoms with Crippen molar-refractivity contribution in [2.75, 3.05) is 13.1 Å². The highest BCUT2D eigenvalue weighted by atomic mass is 35.5. The van der Waals surface area contributed by atoms with Crippen LogP contribution in [0, 0.1) is 5.41 Å². The van der Waals surface area contributed by atoms with Crippen molar-refractivity contribution in [2.24, 2.45) is 5.41 Å². The molecule has 1 N–H and O–H groups in total. The van der Waals surface area contributed by atoms with Crippen LogP contribution in [0.25, 0.3) is 11.3 Å². The van der Waals surface area contributed by atoms with Crippen molar-refractivity contribution >= 4 is 23.5 Å². The fourth-order valence-electron chi connectivity index (χ4n) is 3.17. The zero-order chi connectivity index (χ0) is 18.7. The third kappa shape index (κ3) is 4.07. The molecule has 2 heterocycles. The number of rotatable bonds is 5. The number of oxazole rings is 1. The smallest absolute Gasteiger partial charge is 0.311 e. The Hall–Kier alpha value is -2.34. The largest absolute Gasteiger partial charge is 0.481 e. The van der Waals surface area contributed by atoms with Gasteiger partial charge < -0.3 is 14.4 Å². The zero-order valence-corrected chi connectivity index (χ0v) is 15.3. The first kappa shape index (κ1) is 18.5. The summed E-state index contributed by atoms with van der Waals surface area (Å²) in [4.78, 5) is 29.7. The van der Waals surface area contributed by atoms with Crippen LogP contribution >= 0.6 is 11.6 Å². The van der Waals surface area contributed by atoms with Gasteiger partial charge in [0.2, 0.25) is 5.91 Å². The molecule has 0 bridgehead atoms. The normalized spacial score (nSPS) is 20.2. The Bertz CT molecular complexity index is 802. The number of piperidine rings is 1. The molecule has 2 aromatic rings. The Morgan fingerprint density at radius 2 is 2.08 bits per heavy atom. The van der Waals surface area contributed by atoms with Crippen LogP contribution < -0.4 is 0 Å². The van der Waals surface area contributed by atoms with E-state index in [-0.39, 0.29) is 18.9 Å². The molecule has 1 aromatic heterocycles. The number of carboxylic acids is 1. The lowest BCUT2D eigenvalue weighted by Gasteiger charge is -2.37. The lowest BCUT2D eigenvalue weighted by molar-refractivity contribution is -0.153. The van der Waals surface area contributed by atoms with Gasteiger partial charge in [-0.15, -0.1) is 0 Å². The molecule has 3 rings (SSSR count). The van der Waals surface area contributed by atoms with Gasteiger partial charge in [0.15, 0.2) is 11.7 Å². The molecule has 138 valence electrons. The van der Waals surface area contributed by atoms with Gasteiger partial charge in [-0.2, -0.15) is 0 Å². The summed E-state index contributed by atoms with van der Waals surface area (Å²) in [6, 6.07) is 7.24. The van der Waals surface area contributed by atoms with Crippen molar-refractivity contribution in [2.45, 2.75) is 32.6 Å². The molecular formula is C19H21ClN2O4. The van der Waals surface area contributed by atoms with E-state index in [9.17, 15) is 14.7 Å². The average Bonchev–Trinajstić information content (AvgIpc) is 3.09. The number of carboxylic acid groups (broad SMARTS) is 1. The van der Waals surface area contributed by atoms with Crippen molar-refractivity contribution in [3.63, 3.8) is 0 Å². The molecule has 26 heavy (non-hydrogen) atoms. The van der Waals surface area contributed by atoms with Crippen LogP contribution in [0.3, 0.4) is 0 Å². The van der Waals surface area contributed by atoms with Gasteiger partial charge in [0.05, 0.1) is 11.6 Å². The molecule has 1 aliphatic rings. The highest BCUT2D eigenvalue weighted by Crippen LogP contribution is 2.30. The summed E-state index contributed by atoms with van der Waals surface area (Å²) in [5.74, 6) is 0.195. The Morgan fingerprint density at radius 1 is 1.35 bits per heavy atom. The minimum Gasteiger partial charge on any atom is -0.481 e. The van der Waals surface area contributed by atoms with Crippen molar-refractivity contribution < 1.29 is 19.1 Å². The predicted octanol–water partition coefficient (Wildman–Crippen LogP) is 3.64. The molecule has 1 amide bonds. The van der Waals surface area contributed by atoms with E-state index >= 15 is 0 Å². The van der Waals surface area contributed by atoms with Gasteiger partial charge in [-0.3, -0.25) is 9.59 Å². The van der Waals surface area contributed by atoms with E-state index in [0.717, 1.165) is 5.56 Å². The Kier molecular flexibility index (Phi) is 5.32. The quantitative estimate of drug-likeness (QED) is 0.861. The first-order valence-electron chi connectivity index (χ1n) is 8.59. The first-order valence-corrected chi connectivity index (χ1v) is 8.97. The maximum Gasteiger partial charge on any atom is 0.311 e.